The molecule has 1 N–H and O–H groups in total. The quantitative estimate of drug-likeness (QED) is 0.841. The lowest BCUT2D eigenvalue weighted by molar-refractivity contribution is 0.262. The highest BCUT2D eigenvalue weighted by Gasteiger charge is 2.23. The Kier molecular flexibility index (Phi) is 3.72. The first kappa shape index (κ1) is 11.3. The fourth-order valence-electron chi connectivity index (χ4n) is 2.30. The first-order chi connectivity index (χ1) is 7.81. The lowest BCUT2D eigenvalue weighted by Crippen LogP contribution is -2.40. The standard InChI is InChI=1S/C12H19N3O/c1-10-5-6-12(14-13-10)15-8-3-2-4-11(15)7-9-16/h5-6,11,16H,2-4,7-9H2,1H3. The smallest absolute Gasteiger partial charge is 0.151 e. The summed E-state index contributed by atoms with van der Waals surface area (Å²) in [5, 5.41) is 17.4. The molecule has 16 heavy (non-hydrogen) atoms. The number of aromatic nitrogens is 2. The first-order valence-electron chi connectivity index (χ1n) is 5.99. The maximum Gasteiger partial charge on any atom is 0.151 e. The highest BCUT2D eigenvalue weighted by Crippen LogP contribution is 2.24. The second-order valence-corrected chi connectivity index (χ2v) is 4.39. The van der Waals surface area contributed by atoms with E-state index < -0.39 is 0 Å². The van der Waals surface area contributed by atoms with Crippen molar-refractivity contribution in [3.05, 3.63) is 17.8 Å². The Bertz CT molecular complexity index is 324. The highest BCUT2D eigenvalue weighted by molar-refractivity contribution is 5.39. The van der Waals surface area contributed by atoms with Gasteiger partial charge in [0.2, 0.25) is 0 Å². The molecule has 1 atom stereocenters. The SMILES string of the molecule is Cc1ccc(N2CCCCC2CCO)nn1. The summed E-state index contributed by atoms with van der Waals surface area (Å²) in [6.45, 7) is 3.22. The van der Waals surface area contributed by atoms with Crippen LogP contribution in [0.15, 0.2) is 12.1 Å². The lowest BCUT2D eigenvalue weighted by atomic mass is 10.00. The molecule has 2 rings (SSSR count). The van der Waals surface area contributed by atoms with Gasteiger partial charge in [0.25, 0.3) is 0 Å². The van der Waals surface area contributed by atoms with Crippen LogP contribution < -0.4 is 4.90 Å². The Labute approximate surface area is 96.3 Å². The van der Waals surface area contributed by atoms with E-state index in [1.165, 1.54) is 12.8 Å². The van der Waals surface area contributed by atoms with Crippen LogP contribution in [0.25, 0.3) is 0 Å². The molecule has 0 bridgehead atoms. The number of aryl methyl sites for hydroxylation is 1. The molecule has 88 valence electrons. The summed E-state index contributed by atoms with van der Waals surface area (Å²) in [6, 6.07) is 4.45. The van der Waals surface area contributed by atoms with E-state index in [2.05, 4.69) is 15.1 Å². The predicted octanol–water partition coefficient (Wildman–Crippen LogP) is 1.53. The molecule has 1 aromatic rings. The summed E-state index contributed by atoms with van der Waals surface area (Å²) in [6.07, 6.45) is 4.43. The van der Waals surface area contributed by atoms with E-state index in [9.17, 15) is 0 Å². The van der Waals surface area contributed by atoms with Gasteiger partial charge < -0.3 is 10.0 Å². The topological polar surface area (TPSA) is 49.2 Å². The van der Waals surface area contributed by atoms with E-state index in [0.717, 1.165) is 30.9 Å². The molecular weight excluding hydrogens is 202 g/mol. The van der Waals surface area contributed by atoms with Gasteiger partial charge in [0.1, 0.15) is 0 Å². The molecule has 0 spiro atoms. The molecule has 0 aromatic carbocycles. The molecule has 1 unspecified atom stereocenters. The molecule has 2 heterocycles. The maximum absolute atomic E-state index is 9.06. The normalized spacial score (nSPS) is 21.1. The minimum Gasteiger partial charge on any atom is -0.396 e. The molecule has 1 aromatic heterocycles. The van der Waals surface area contributed by atoms with Gasteiger partial charge in [0, 0.05) is 19.2 Å². The molecule has 0 aliphatic carbocycles. The third-order valence-electron chi connectivity index (χ3n) is 3.17. The third-order valence-corrected chi connectivity index (χ3v) is 3.17. The van der Waals surface area contributed by atoms with Crippen LogP contribution in [0.3, 0.4) is 0 Å². The number of nitrogens with zero attached hydrogens (tertiary/aromatic N) is 3. The van der Waals surface area contributed by atoms with Crippen molar-refractivity contribution in [1.82, 2.24) is 10.2 Å². The molecule has 1 aliphatic heterocycles. The minimum absolute atomic E-state index is 0.250. The van der Waals surface area contributed by atoms with Crippen LogP contribution in [0.5, 0.6) is 0 Å². The maximum atomic E-state index is 9.06. The van der Waals surface area contributed by atoms with Crippen LogP contribution in [0.1, 0.15) is 31.4 Å². The van der Waals surface area contributed by atoms with Crippen molar-refractivity contribution in [3.8, 4) is 0 Å². The van der Waals surface area contributed by atoms with Crippen molar-refractivity contribution in [3.63, 3.8) is 0 Å². The molecule has 1 saturated heterocycles. The van der Waals surface area contributed by atoms with Crippen LogP contribution in [-0.2, 0) is 0 Å². The Hall–Kier alpha value is -1.16. The monoisotopic (exact) mass is 221 g/mol. The first-order valence-corrected chi connectivity index (χ1v) is 5.99. The highest BCUT2D eigenvalue weighted by atomic mass is 16.3. The van der Waals surface area contributed by atoms with Crippen molar-refractivity contribution in [2.45, 2.75) is 38.6 Å². The zero-order valence-corrected chi connectivity index (χ0v) is 9.76. The van der Waals surface area contributed by atoms with Gasteiger partial charge in [-0.1, -0.05) is 0 Å². The number of anilines is 1. The van der Waals surface area contributed by atoms with E-state index in [1.54, 1.807) is 0 Å². The summed E-state index contributed by atoms with van der Waals surface area (Å²) < 4.78 is 0. The number of hydrogen-bond donors (Lipinski definition) is 1. The van der Waals surface area contributed by atoms with Crippen molar-refractivity contribution in [2.75, 3.05) is 18.1 Å². The number of aliphatic hydroxyl groups is 1. The van der Waals surface area contributed by atoms with Crippen molar-refractivity contribution in [2.24, 2.45) is 0 Å². The van der Waals surface area contributed by atoms with E-state index in [1.807, 2.05) is 19.1 Å². The van der Waals surface area contributed by atoms with Gasteiger partial charge in [0.05, 0.1) is 5.69 Å². The molecule has 0 radical (unpaired) electrons. The lowest BCUT2D eigenvalue weighted by Gasteiger charge is -2.36. The molecule has 0 saturated carbocycles. The minimum atomic E-state index is 0.250. The molecular formula is C12H19N3O. The van der Waals surface area contributed by atoms with Gasteiger partial charge >= 0.3 is 0 Å². The average Bonchev–Trinajstić information content (AvgIpc) is 2.32. The number of piperidine rings is 1. The van der Waals surface area contributed by atoms with Crippen molar-refractivity contribution < 1.29 is 5.11 Å². The second kappa shape index (κ2) is 5.25. The van der Waals surface area contributed by atoms with Gasteiger partial charge in [-0.3, -0.25) is 0 Å². The van der Waals surface area contributed by atoms with E-state index >= 15 is 0 Å². The predicted molar refractivity (Wildman–Crippen MR) is 63.5 cm³/mol. The Morgan fingerprint density at radius 3 is 2.94 bits per heavy atom. The zero-order valence-electron chi connectivity index (χ0n) is 9.76. The van der Waals surface area contributed by atoms with Crippen LogP contribution in [0.2, 0.25) is 0 Å². The summed E-state index contributed by atoms with van der Waals surface area (Å²) >= 11 is 0. The van der Waals surface area contributed by atoms with Gasteiger partial charge in [-0.05, 0) is 44.7 Å². The van der Waals surface area contributed by atoms with Crippen LogP contribution in [0, 0.1) is 6.92 Å². The Morgan fingerprint density at radius 2 is 2.25 bits per heavy atom. The van der Waals surface area contributed by atoms with Crippen LogP contribution in [-0.4, -0.2) is 34.5 Å². The zero-order chi connectivity index (χ0) is 11.4. The summed E-state index contributed by atoms with van der Waals surface area (Å²) in [7, 11) is 0. The second-order valence-electron chi connectivity index (χ2n) is 4.39. The van der Waals surface area contributed by atoms with Gasteiger partial charge in [-0.25, -0.2) is 0 Å². The van der Waals surface area contributed by atoms with E-state index in [-0.39, 0.29) is 6.61 Å². The molecule has 1 fully saturated rings. The summed E-state index contributed by atoms with van der Waals surface area (Å²) in [5.41, 5.74) is 0.944. The Balaban J connectivity index is 2.13. The van der Waals surface area contributed by atoms with Crippen LogP contribution in [0.4, 0.5) is 5.82 Å². The summed E-state index contributed by atoms with van der Waals surface area (Å²) in [4.78, 5) is 2.28. The molecule has 0 amide bonds. The third kappa shape index (κ3) is 2.50. The molecule has 4 heteroatoms. The van der Waals surface area contributed by atoms with E-state index in [4.69, 9.17) is 5.11 Å². The molecule has 4 nitrogen and oxygen atoms in total. The number of rotatable bonds is 3. The number of hydrogen-bond acceptors (Lipinski definition) is 4. The average molecular weight is 221 g/mol. The van der Waals surface area contributed by atoms with Gasteiger partial charge in [-0.2, -0.15) is 5.10 Å². The van der Waals surface area contributed by atoms with Crippen molar-refractivity contribution in [1.29, 1.82) is 0 Å². The van der Waals surface area contributed by atoms with Crippen molar-refractivity contribution >= 4 is 5.82 Å². The summed E-state index contributed by atoms with van der Waals surface area (Å²) in [5.74, 6) is 0.948. The van der Waals surface area contributed by atoms with E-state index in [0.29, 0.717) is 6.04 Å². The number of aliphatic hydroxyl groups excluding tert-OH is 1. The molecule has 1 aliphatic rings. The van der Waals surface area contributed by atoms with Crippen LogP contribution >= 0.6 is 0 Å². The largest absolute Gasteiger partial charge is 0.396 e. The fraction of sp³-hybridized carbons (Fsp3) is 0.667. The fourth-order valence-corrected chi connectivity index (χ4v) is 2.30. The Morgan fingerprint density at radius 1 is 1.38 bits per heavy atom. The van der Waals surface area contributed by atoms with Gasteiger partial charge in [-0.15, -0.1) is 5.10 Å². The van der Waals surface area contributed by atoms with Gasteiger partial charge in [0.15, 0.2) is 5.82 Å².